The van der Waals surface area contributed by atoms with E-state index < -0.39 is 48.6 Å². The van der Waals surface area contributed by atoms with E-state index in [1.165, 1.54) is 0 Å². The number of rotatable bonds is 3. The number of ether oxygens (including phenoxy) is 1. The Morgan fingerprint density at radius 3 is 2.13 bits per heavy atom. The Morgan fingerprint density at radius 1 is 1.13 bits per heavy atom. The summed E-state index contributed by atoms with van der Waals surface area (Å²) in [5, 5.41) is 46.9. The molecule has 0 aliphatic carbocycles. The maximum absolute atomic E-state index is 10.2. The van der Waals surface area contributed by atoms with E-state index >= 15 is 0 Å². The molecule has 0 aromatic carbocycles. The average molecular weight is 223 g/mol. The zero-order chi connectivity index (χ0) is 11.6. The van der Waals surface area contributed by atoms with Crippen LogP contribution in [-0.4, -0.2) is 69.0 Å². The van der Waals surface area contributed by atoms with Crippen molar-refractivity contribution >= 4 is 0 Å². The zero-order valence-corrected chi connectivity index (χ0v) is 7.76. The summed E-state index contributed by atoms with van der Waals surface area (Å²) >= 11 is 0. The van der Waals surface area contributed by atoms with Gasteiger partial charge in [-0.05, 0) is 0 Å². The van der Waals surface area contributed by atoms with Crippen LogP contribution in [0.15, 0.2) is 0 Å². The van der Waals surface area contributed by atoms with Gasteiger partial charge in [0, 0.05) is 4.92 Å². The monoisotopic (exact) mass is 223 g/mol. The SMILES string of the molecule is O=[N+]([O-])C[C@H]1O[C@H](CO)[C@@H](O)[C@H](O)[C@@H]1O. The second-order valence-corrected chi connectivity index (χ2v) is 3.38. The van der Waals surface area contributed by atoms with E-state index in [0.717, 1.165) is 0 Å². The van der Waals surface area contributed by atoms with Gasteiger partial charge in [0.1, 0.15) is 24.4 Å². The van der Waals surface area contributed by atoms with E-state index in [1.807, 2.05) is 0 Å². The molecule has 0 saturated carbocycles. The molecule has 0 spiro atoms. The minimum absolute atomic E-state index is 0.584. The highest BCUT2D eigenvalue weighted by Crippen LogP contribution is 2.21. The van der Waals surface area contributed by atoms with Gasteiger partial charge in [-0.15, -0.1) is 0 Å². The first-order chi connectivity index (χ1) is 6.97. The molecule has 0 aromatic heterocycles. The molecule has 0 amide bonds. The number of hydrogen-bond donors (Lipinski definition) is 4. The molecule has 15 heavy (non-hydrogen) atoms. The first-order valence-corrected chi connectivity index (χ1v) is 4.39. The molecule has 1 fully saturated rings. The minimum atomic E-state index is -1.55. The van der Waals surface area contributed by atoms with E-state index in [2.05, 4.69) is 0 Å². The lowest BCUT2D eigenvalue weighted by atomic mass is 9.95. The standard InChI is InChI=1S/C7H13NO7/c9-2-4-6(11)7(12)5(10)3(15-4)1-8(13)14/h3-7,9-12H,1-2H2/t3-,4-,5-,6-,7-/m1/s1. The van der Waals surface area contributed by atoms with Crippen LogP contribution in [0.25, 0.3) is 0 Å². The number of aliphatic hydroxyl groups is 4. The van der Waals surface area contributed by atoms with Crippen LogP contribution in [0.3, 0.4) is 0 Å². The maximum Gasteiger partial charge on any atom is 0.232 e. The number of nitro groups is 1. The van der Waals surface area contributed by atoms with Crippen molar-refractivity contribution in [1.29, 1.82) is 0 Å². The lowest BCUT2D eigenvalue weighted by Gasteiger charge is -2.38. The van der Waals surface area contributed by atoms with Crippen LogP contribution in [0.1, 0.15) is 0 Å². The van der Waals surface area contributed by atoms with Gasteiger partial charge < -0.3 is 25.2 Å². The van der Waals surface area contributed by atoms with Gasteiger partial charge in [0.2, 0.25) is 6.54 Å². The highest BCUT2D eigenvalue weighted by molar-refractivity contribution is 4.91. The fourth-order valence-corrected chi connectivity index (χ4v) is 1.48. The smallest absolute Gasteiger partial charge is 0.232 e. The highest BCUT2D eigenvalue weighted by Gasteiger charge is 2.45. The number of aliphatic hydroxyl groups excluding tert-OH is 4. The topological polar surface area (TPSA) is 133 Å². The molecule has 1 rings (SSSR count). The summed E-state index contributed by atoms with van der Waals surface area (Å²) in [6, 6.07) is 0. The molecule has 0 bridgehead atoms. The second kappa shape index (κ2) is 4.81. The molecule has 4 N–H and O–H groups in total. The molecule has 1 saturated heterocycles. The summed E-state index contributed by atoms with van der Waals surface area (Å²) in [6.07, 6.45) is -6.88. The first kappa shape index (κ1) is 12.3. The van der Waals surface area contributed by atoms with E-state index in [-0.39, 0.29) is 0 Å². The van der Waals surface area contributed by atoms with Crippen LogP contribution in [0.2, 0.25) is 0 Å². The van der Waals surface area contributed by atoms with E-state index in [4.69, 9.17) is 9.84 Å². The van der Waals surface area contributed by atoms with Crippen molar-refractivity contribution in [2.45, 2.75) is 30.5 Å². The first-order valence-electron chi connectivity index (χ1n) is 4.39. The molecule has 1 heterocycles. The van der Waals surface area contributed by atoms with E-state index in [1.54, 1.807) is 0 Å². The van der Waals surface area contributed by atoms with Gasteiger partial charge in [0.15, 0.2) is 6.10 Å². The van der Waals surface area contributed by atoms with Crippen LogP contribution in [-0.2, 0) is 4.74 Å². The Balaban J connectivity index is 2.69. The molecule has 1 aliphatic heterocycles. The maximum atomic E-state index is 10.2. The van der Waals surface area contributed by atoms with Gasteiger partial charge in [-0.3, -0.25) is 10.1 Å². The van der Waals surface area contributed by atoms with Crippen LogP contribution < -0.4 is 0 Å². The Morgan fingerprint density at radius 2 is 1.67 bits per heavy atom. The Labute approximate surface area is 84.9 Å². The molecule has 8 heteroatoms. The lowest BCUT2D eigenvalue weighted by molar-refractivity contribution is -0.499. The normalized spacial score (nSPS) is 41.5. The van der Waals surface area contributed by atoms with Crippen molar-refractivity contribution < 1.29 is 30.1 Å². The van der Waals surface area contributed by atoms with Gasteiger partial charge in [0.05, 0.1) is 6.61 Å². The quantitative estimate of drug-likeness (QED) is 0.298. The van der Waals surface area contributed by atoms with Crippen LogP contribution in [0, 0.1) is 10.1 Å². The van der Waals surface area contributed by atoms with Crippen LogP contribution in [0.5, 0.6) is 0 Å². The molecular formula is C7H13NO7. The Hall–Kier alpha value is -0.800. The minimum Gasteiger partial charge on any atom is -0.394 e. The van der Waals surface area contributed by atoms with Crippen LogP contribution in [0.4, 0.5) is 0 Å². The summed E-state index contributed by atoms with van der Waals surface area (Å²) in [4.78, 5) is 9.50. The fraction of sp³-hybridized carbons (Fsp3) is 1.00. The molecule has 0 aromatic rings. The van der Waals surface area contributed by atoms with Gasteiger partial charge in [-0.1, -0.05) is 0 Å². The number of nitrogens with zero attached hydrogens (tertiary/aromatic N) is 1. The number of hydrogen-bond acceptors (Lipinski definition) is 7. The molecule has 8 nitrogen and oxygen atoms in total. The summed E-state index contributed by atoms with van der Waals surface area (Å²) in [6.45, 7) is -1.28. The van der Waals surface area contributed by atoms with Gasteiger partial charge in [-0.25, -0.2) is 0 Å². The van der Waals surface area contributed by atoms with Crippen LogP contribution >= 0.6 is 0 Å². The third-order valence-corrected chi connectivity index (χ3v) is 2.32. The predicted molar refractivity (Wildman–Crippen MR) is 45.6 cm³/mol. The molecule has 88 valence electrons. The Kier molecular flexibility index (Phi) is 3.94. The second-order valence-electron chi connectivity index (χ2n) is 3.38. The third-order valence-electron chi connectivity index (χ3n) is 2.32. The van der Waals surface area contributed by atoms with E-state index in [0.29, 0.717) is 0 Å². The van der Waals surface area contributed by atoms with Gasteiger partial charge in [-0.2, -0.15) is 0 Å². The molecular weight excluding hydrogens is 210 g/mol. The van der Waals surface area contributed by atoms with Gasteiger partial charge >= 0.3 is 0 Å². The summed E-state index contributed by atoms with van der Waals surface area (Å²) < 4.78 is 4.89. The Bertz CT molecular complexity index is 233. The lowest BCUT2D eigenvalue weighted by Crippen LogP contribution is -2.60. The van der Waals surface area contributed by atoms with E-state index in [9.17, 15) is 25.4 Å². The average Bonchev–Trinajstić information content (AvgIpc) is 2.18. The van der Waals surface area contributed by atoms with Crippen molar-refractivity contribution in [3.05, 3.63) is 10.1 Å². The predicted octanol–water partition coefficient (Wildman–Crippen LogP) is -2.89. The van der Waals surface area contributed by atoms with Crippen molar-refractivity contribution in [3.63, 3.8) is 0 Å². The van der Waals surface area contributed by atoms with Crippen molar-refractivity contribution in [1.82, 2.24) is 0 Å². The fourth-order valence-electron chi connectivity index (χ4n) is 1.48. The third kappa shape index (κ3) is 2.61. The molecule has 5 atom stereocenters. The molecule has 1 aliphatic rings. The summed E-state index contributed by atoms with van der Waals surface area (Å²) in [7, 11) is 0. The zero-order valence-electron chi connectivity index (χ0n) is 7.76. The molecule has 0 radical (unpaired) electrons. The highest BCUT2D eigenvalue weighted by atomic mass is 16.6. The largest absolute Gasteiger partial charge is 0.394 e. The van der Waals surface area contributed by atoms with Gasteiger partial charge in [0.25, 0.3) is 0 Å². The van der Waals surface area contributed by atoms with Crippen molar-refractivity contribution in [3.8, 4) is 0 Å². The van der Waals surface area contributed by atoms with Crippen molar-refractivity contribution in [2.75, 3.05) is 13.2 Å². The molecule has 0 unspecified atom stereocenters. The summed E-state index contributed by atoms with van der Waals surface area (Å²) in [5.41, 5.74) is 0. The summed E-state index contributed by atoms with van der Waals surface area (Å²) in [5.74, 6) is 0. The van der Waals surface area contributed by atoms with Crippen molar-refractivity contribution in [2.24, 2.45) is 0 Å².